The highest BCUT2D eigenvalue weighted by molar-refractivity contribution is 5.31. The number of rotatable bonds is 6. The lowest BCUT2D eigenvalue weighted by molar-refractivity contribution is 0.191. The first-order valence-corrected chi connectivity index (χ1v) is 6.01. The van der Waals surface area contributed by atoms with Crippen LogP contribution in [0.2, 0.25) is 0 Å². The normalized spacial score (nSPS) is 17.4. The topological polar surface area (TPSA) is 39.1 Å². The second-order valence-corrected chi connectivity index (χ2v) is 4.67. The Kier molecular flexibility index (Phi) is 3.49. The summed E-state index contributed by atoms with van der Waals surface area (Å²) in [7, 11) is 1.74. The Morgan fingerprint density at radius 1 is 1.62 bits per heavy atom. The molecular weight excluding hydrogens is 202 g/mol. The molecule has 0 aliphatic heterocycles. The van der Waals surface area contributed by atoms with E-state index in [1.54, 1.807) is 7.11 Å². The van der Waals surface area contributed by atoms with E-state index in [0.717, 1.165) is 24.7 Å². The van der Waals surface area contributed by atoms with Gasteiger partial charge in [0.15, 0.2) is 0 Å². The highest BCUT2D eigenvalue weighted by Crippen LogP contribution is 2.37. The average Bonchev–Trinajstić information content (AvgIpc) is 3.01. The summed E-state index contributed by atoms with van der Waals surface area (Å²) in [4.78, 5) is 4.53. The fourth-order valence-corrected chi connectivity index (χ4v) is 1.84. The third-order valence-electron chi connectivity index (χ3n) is 2.92. The Hall–Kier alpha value is -1.03. The summed E-state index contributed by atoms with van der Waals surface area (Å²) in [6.07, 6.45) is 5.73. The highest BCUT2D eigenvalue weighted by atomic mass is 16.5. The third kappa shape index (κ3) is 2.76. The fraction of sp³-hybridized carbons (Fsp3) is 0.750. The van der Waals surface area contributed by atoms with Gasteiger partial charge in [0.25, 0.3) is 0 Å². The Balaban J connectivity index is 1.97. The van der Waals surface area contributed by atoms with Gasteiger partial charge < -0.3 is 14.6 Å². The van der Waals surface area contributed by atoms with Crippen molar-refractivity contribution in [3.63, 3.8) is 0 Å². The first kappa shape index (κ1) is 11.5. The number of aromatic nitrogens is 2. The molecule has 1 heterocycles. The van der Waals surface area contributed by atoms with Crippen molar-refractivity contribution in [2.24, 2.45) is 0 Å². The second kappa shape index (κ2) is 4.87. The summed E-state index contributed by atoms with van der Waals surface area (Å²) in [5.41, 5.74) is 1.09. The molecule has 1 aliphatic carbocycles. The molecule has 1 atom stereocenters. The Morgan fingerprint density at radius 2 is 2.38 bits per heavy atom. The minimum atomic E-state index is 0.402. The first-order valence-electron chi connectivity index (χ1n) is 6.01. The molecule has 2 rings (SSSR count). The molecule has 16 heavy (non-hydrogen) atoms. The molecule has 1 saturated carbocycles. The van der Waals surface area contributed by atoms with Crippen LogP contribution in [0.3, 0.4) is 0 Å². The first-order chi connectivity index (χ1) is 7.70. The van der Waals surface area contributed by atoms with E-state index in [9.17, 15) is 0 Å². The van der Waals surface area contributed by atoms with Crippen molar-refractivity contribution in [2.45, 2.75) is 45.2 Å². The third-order valence-corrected chi connectivity index (χ3v) is 2.92. The van der Waals surface area contributed by atoms with Crippen LogP contribution >= 0.6 is 0 Å². The van der Waals surface area contributed by atoms with Crippen LogP contribution in [0.4, 0.5) is 5.95 Å². The van der Waals surface area contributed by atoms with Crippen molar-refractivity contribution < 1.29 is 4.74 Å². The second-order valence-electron chi connectivity index (χ2n) is 4.67. The predicted octanol–water partition coefficient (Wildman–Crippen LogP) is 2.36. The monoisotopic (exact) mass is 223 g/mol. The summed E-state index contributed by atoms with van der Waals surface area (Å²) >= 11 is 0. The quantitative estimate of drug-likeness (QED) is 0.804. The molecule has 0 bridgehead atoms. The zero-order chi connectivity index (χ0) is 11.5. The fourth-order valence-electron chi connectivity index (χ4n) is 1.84. The van der Waals surface area contributed by atoms with E-state index in [1.807, 2.05) is 6.92 Å². The van der Waals surface area contributed by atoms with Gasteiger partial charge in [-0.3, -0.25) is 0 Å². The van der Waals surface area contributed by atoms with Gasteiger partial charge in [0.2, 0.25) is 5.95 Å². The van der Waals surface area contributed by atoms with Crippen LogP contribution in [0.5, 0.6) is 0 Å². The van der Waals surface area contributed by atoms with Gasteiger partial charge >= 0.3 is 0 Å². The summed E-state index contributed by atoms with van der Waals surface area (Å²) in [5, 5.41) is 3.46. The highest BCUT2D eigenvalue weighted by Gasteiger charge is 2.26. The lowest BCUT2D eigenvalue weighted by atomic mass is 10.2. The van der Waals surface area contributed by atoms with Gasteiger partial charge in [0.05, 0.1) is 5.69 Å². The SMILES string of the molecule is COCCC(C)Nc1nc(C)cn1C1CC1. The van der Waals surface area contributed by atoms with E-state index in [-0.39, 0.29) is 0 Å². The lowest BCUT2D eigenvalue weighted by Gasteiger charge is -2.15. The van der Waals surface area contributed by atoms with Crippen LogP contribution in [0, 0.1) is 6.92 Å². The maximum Gasteiger partial charge on any atom is 0.203 e. The van der Waals surface area contributed by atoms with E-state index in [0.29, 0.717) is 12.1 Å². The van der Waals surface area contributed by atoms with Crippen LogP contribution < -0.4 is 5.32 Å². The standard InChI is InChI=1S/C12H21N3O/c1-9(6-7-16-3)13-12-14-10(2)8-15(12)11-4-5-11/h8-9,11H,4-7H2,1-3H3,(H,13,14). The van der Waals surface area contributed by atoms with Crippen molar-refractivity contribution in [3.05, 3.63) is 11.9 Å². The van der Waals surface area contributed by atoms with Crippen LogP contribution in [-0.4, -0.2) is 29.3 Å². The predicted molar refractivity (Wildman–Crippen MR) is 64.8 cm³/mol. The minimum absolute atomic E-state index is 0.402. The molecular formula is C12H21N3O. The molecule has 4 nitrogen and oxygen atoms in total. The number of anilines is 1. The van der Waals surface area contributed by atoms with Crippen molar-refractivity contribution in [2.75, 3.05) is 19.0 Å². The average molecular weight is 223 g/mol. The molecule has 0 amide bonds. The Bertz CT molecular complexity index is 344. The van der Waals surface area contributed by atoms with E-state index in [4.69, 9.17) is 4.74 Å². The van der Waals surface area contributed by atoms with Gasteiger partial charge in [0, 0.05) is 32.0 Å². The van der Waals surface area contributed by atoms with Crippen molar-refractivity contribution in [1.29, 1.82) is 0 Å². The van der Waals surface area contributed by atoms with Crippen LogP contribution in [0.15, 0.2) is 6.20 Å². The maximum absolute atomic E-state index is 5.08. The summed E-state index contributed by atoms with van der Waals surface area (Å²) in [6, 6.07) is 1.08. The number of ether oxygens (including phenoxy) is 1. The molecule has 1 aromatic rings. The number of nitrogens with zero attached hydrogens (tertiary/aromatic N) is 2. The van der Waals surface area contributed by atoms with Crippen molar-refractivity contribution >= 4 is 5.95 Å². The molecule has 1 N–H and O–H groups in total. The van der Waals surface area contributed by atoms with Gasteiger partial charge in [0.1, 0.15) is 0 Å². The molecule has 1 fully saturated rings. The minimum Gasteiger partial charge on any atom is -0.385 e. The molecule has 1 unspecified atom stereocenters. The largest absolute Gasteiger partial charge is 0.385 e. The molecule has 90 valence electrons. The van der Waals surface area contributed by atoms with Gasteiger partial charge in [-0.25, -0.2) is 4.98 Å². The number of nitrogens with one attached hydrogen (secondary N) is 1. The van der Waals surface area contributed by atoms with Gasteiger partial charge in [-0.2, -0.15) is 0 Å². The van der Waals surface area contributed by atoms with E-state index in [1.165, 1.54) is 12.8 Å². The Morgan fingerprint density at radius 3 is 3.00 bits per heavy atom. The van der Waals surface area contributed by atoms with Crippen LogP contribution in [-0.2, 0) is 4.74 Å². The van der Waals surface area contributed by atoms with Crippen molar-refractivity contribution in [3.8, 4) is 0 Å². The molecule has 1 aromatic heterocycles. The van der Waals surface area contributed by atoms with E-state index < -0.39 is 0 Å². The van der Waals surface area contributed by atoms with Gasteiger partial charge in [-0.1, -0.05) is 0 Å². The van der Waals surface area contributed by atoms with E-state index >= 15 is 0 Å². The Labute approximate surface area is 97.0 Å². The van der Waals surface area contributed by atoms with Crippen LogP contribution in [0.25, 0.3) is 0 Å². The summed E-state index contributed by atoms with van der Waals surface area (Å²) in [5.74, 6) is 1.02. The molecule has 0 spiro atoms. The van der Waals surface area contributed by atoms with Crippen LogP contribution in [0.1, 0.15) is 37.9 Å². The van der Waals surface area contributed by atoms with Gasteiger partial charge in [-0.15, -0.1) is 0 Å². The van der Waals surface area contributed by atoms with Crippen molar-refractivity contribution in [1.82, 2.24) is 9.55 Å². The molecule has 4 heteroatoms. The zero-order valence-electron chi connectivity index (χ0n) is 10.4. The number of imidazole rings is 1. The van der Waals surface area contributed by atoms with Gasteiger partial charge in [-0.05, 0) is 33.1 Å². The number of aryl methyl sites for hydroxylation is 1. The maximum atomic E-state index is 5.08. The number of hydrogen-bond acceptors (Lipinski definition) is 3. The smallest absolute Gasteiger partial charge is 0.203 e. The molecule has 0 saturated heterocycles. The molecule has 1 aliphatic rings. The zero-order valence-corrected chi connectivity index (χ0v) is 10.4. The molecule has 0 radical (unpaired) electrons. The number of hydrogen-bond donors (Lipinski definition) is 1. The number of methoxy groups -OCH3 is 1. The lowest BCUT2D eigenvalue weighted by Crippen LogP contribution is -2.19. The summed E-state index contributed by atoms with van der Waals surface area (Å²) < 4.78 is 7.35. The van der Waals surface area contributed by atoms with E-state index in [2.05, 4.69) is 28.0 Å². The molecule has 0 aromatic carbocycles. The summed E-state index contributed by atoms with van der Waals surface area (Å²) in [6.45, 7) is 5.00.